The molecule has 2 N–H and O–H groups in total. The second kappa shape index (κ2) is 5.83. The van der Waals surface area contributed by atoms with Gasteiger partial charge in [-0.2, -0.15) is 4.39 Å². The Morgan fingerprint density at radius 2 is 2.20 bits per heavy atom. The number of nitrogens with zero attached hydrogens (tertiary/aromatic N) is 1. The lowest BCUT2D eigenvalue weighted by molar-refractivity contribution is 0.0516. The highest BCUT2D eigenvalue weighted by molar-refractivity contribution is 6.00. The molecule has 5 nitrogen and oxygen atoms in total. The van der Waals surface area contributed by atoms with Crippen molar-refractivity contribution < 1.29 is 24.1 Å². The molecule has 0 aliphatic carbocycles. The molecular weight excluding hydrogens is 265 g/mol. The zero-order valence-electron chi connectivity index (χ0n) is 10.9. The minimum absolute atomic E-state index is 0.0697. The molecule has 2 rings (SSSR count). The maximum Gasteiger partial charge on any atom is 0.346 e. The van der Waals surface area contributed by atoms with E-state index in [2.05, 4.69) is 4.98 Å². The number of aromatic hydroxyl groups is 1. The fraction of sp³-hybridized carbons (Fsp3) is 0.286. The van der Waals surface area contributed by atoms with Gasteiger partial charge in [0.05, 0.1) is 12.1 Å². The van der Waals surface area contributed by atoms with Gasteiger partial charge >= 0.3 is 5.97 Å². The van der Waals surface area contributed by atoms with Crippen LogP contribution >= 0.6 is 0 Å². The van der Waals surface area contributed by atoms with Crippen LogP contribution in [-0.4, -0.2) is 34.4 Å². The molecule has 1 aromatic heterocycles. The quantitative estimate of drug-likeness (QED) is 0.659. The number of carbonyl (C=O) groups excluding carboxylic acids is 1. The van der Waals surface area contributed by atoms with Gasteiger partial charge in [-0.1, -0.05) is 12.1 Å². The molecule has 0 amide bonds. The monoisotopic (exact) mass is 279 g/mol. The number of pyridine rings is 1. The lowest BCUT2D eigenvalue weighted by Gasteiger charge is -2.10. The first kappa shape index (κ1) is 14.2. The van der Waals surface area contributed by atoms with E-state index < -0.39 is 23.2 Å². The molecule has 0 unspecified atom stereocenters. The first-order valence-electron chi connectivity index (χ1n) is 6.18. The Kier molecular flexibility index (Phi) is 4.14. The largest absolute Gasteiger partial charge is 0.506 e. The maximum absolute atomic E-state index is 13.9. The Morgan fingerprint density at radius 1 is 1.45 bits per heavy atom. The Morgan fingerprint density at radius 3 is 2.85 bits per heavy atom. The van der Waals surface area contributed by atoms with Crippen molar-refractivity contribution in [3.8, 4) is 5.75 Å². The van der Waals surface area contributed by atoms with Crippen LogP contribution < -0.4 is 0 Å². The number of fused-ring (bicyclic) bond motifs is 1. The van der Waals surface area contributed by atoms with E-state index in [4.69, 9.17) is 9.84 Å². The number of carbonyl (C=O) groups is 1. The van der Waals surface area contributed by atoms with Crippen LogP contribution in [0.5, 0.6) is 5.75 Å². The highest BCUT2D eigenvalue weighted by Gasteiger charge is 2.23. The zero-order valence-corrected chi connectivity index (χ0v) is 10.9. The summed E-state index contributed by atoms with van der Waals surface area (Å²) < 4.78 is 18.6. The molecule has 20 heavy (non-hydrogen) atoms. The Bertz CT molecular complexity index is 657. The van der Waals surface area contributed by atoms with Gasteiger partial charge in [0, 0.05) is 12.0 Å². The number of rotatable bonds is 4. The van der Waals surface area contributed by atoms with Crippen molar-refractivity contribution in [2.45, 2.75) is 13.3 Å². The van der Waals surface area contributed by atoms with E-state index in [-0.39, 0.29) is 30.5 Å². The Hall–Kier alpha value is -2.21. The zero-order chi connectivity index (χ0) is 14.7. The maximum atomic E-state index is 13.9. The molecule has 0 fully saturated rings. The van der Waals surface area contributed by atoms with E-state index in [1.807, 2.05) is 0 Å². The van der Waals surface area contributed by atoms with Gasteiger partial charge < -0.3 is 14.9 Å². The molecule has 1 aromatic carbocycles. The predicted molar refractivity (Wildman–Crippen MR) is 70.1 cm³/mol. The molecule has 6 heteroatoms. The molecule has 0 aliphatic heterocycles. The van der Waals surface area contributed by atoms with Crippen molar-refractivity contribution in [2.24, 2.45) is 0 Å². The first-order chi connectivity index (χ1) is 9.60. The van der Waals surface area contributed by atoms with Crippen LogP contribution in [0.1, 0.15) is 22.8 Å². The van der Waals surface area contributed by atoms with Crippen LogP contribution in [0.2, 0.25) is 0 Å². The van der Waals surface area contributed by atoms with E-state index >= 15 is 0 Å². The lowest BCUT2D eigenvalue weighted by Crippen LogP contribution is -2.10. The van der Waals surface area contributed by atoms with Gasteiger partial charge in [0.1, 0.15) is 5.75 Å². The van der Waals surface area contributed by atoms with Crippen molar-refractivity contribution in [3.63, 3.8) is 0 Å². The molecule has 0 bridgehead atoms. The molecule has 0 aliphatic rings. The third-order valence-corrected chi connectivity index (χ3v) is 2.89. The molecule has 106 valence electrons. The number of aromatic nitrogens is 1. The fourth-order valence-electron chi connectivity index (χ4n) is 2.01. The normalized spacial score (nSPS) is 10.8. The van der Waals surface area contributed by atoms with E-state index in [9.17, 15) is 14.3 Å². The van der Waals surface area contributed by atoms with Crippen molar-refractivity contribution in [2.75, 3.05) is 13.2 Å². The van der Waals surface area contributed by atoms with Gasteiger partial charge in [-0.05, 0) is 25.0 Å². The van der Waals surface area contributed by atoms with Crippen LogP contribution in [-0.2, 0) is 11.2 Å². The van der Waals surface area contributed by atoms with Gasteiger partial charge in [0.2, 0.25) is 5.95 Å². The van der Waals surface area contributed by atoms with Crippen molar-refractivity contribution in [1.29, 1.82) is 0 Å². The van der Waals surface area contributed by atoms with E-state index in [1.165, 1.54) is 6.07 Å². The summed E-state index contributed by atoms with van der Waals surface area (Å²) in [6, 6.07) is 4.84. The molecule has 0 radical (unpaired) electrons. The Balaban J connectivity index is 2.67. The number of hydrogen-bond donors (Lipinski definition) is 2. The van der Waals surface area contributed by atoms with Gasteiger partial charge in [0.25, 0.3) is 0 Å². The summed E-state index contributed by atoms with van der Waals surface area (Å²) in [6.07, 6.45) is 0.280. The van der Waals surface area contributed by atoms with E-state index in [0.717, 1.165) is 0 Å². The molecule has 2 aromatic rings. The van der Waals surface area contributed by atoms with Crippen LogP contribution in [0.3, 0.4) is 0 Å². The minimum Gasteiger partial charge on any atom is -0.506 e. The summed E-state index contributed by atoms with van der Waals surface area (Å²) in [5.74, 6) is -2.53. The Labute approximate surface area is 114 Å². The van der Waals surface area contributed by atoms with Crippen LogP contribution in [0.15, 0.2) is 18.2 Å². The third kappa shape index (κ3) is 2.42. The molecule has 0 spiro atoms. The van der Waals surface area contributed by atoms with Crippen LogP contribution in [0.4, 0.5) is 4.39 Å². The predicted octanol–water partition coefficient (Wildman–Crippen LogP) is 1.79. The van der Waals surface area contributed by atoms with E-state index in [1.54, 1.807) is 19.1 Å². The minimum atomic E-state index is -1.08. The lowest BCUT2D eigenvalue weighted by atomic mass is 10.0. The van der Waals surface area contributed by atoms with Crippen LogP contribution in [0.25, 0.3) is 10.9 Å². The van der Waals surface area contributed by atoms with Crippen molar-refractivity contribution >= 4 is 16.9 Å². The number of para-hydroxylation sites is 1. The number of esters is 1. The van der Waals surface area contributed by atoms with Crippen LogP contribution in [0, 0.1) is 5.95 Å². The number of halogens is 1. The second-order valence-corrected chi connectivity index (χ2v) is 4.13. The summed E-state index contributed by atoms with van der Waals surface area (Å²) in [5.41, 5.74) is 0.250. The number of benzene rings is 1. The number of aliphatic hydroxyl groups excluding tert-OH is 1. The van der Waals surface area contributed by atoms with E-state index in [0.29, 0.717) is 5.56 Å². The summed E-state index contributed by atoms with van der Waals surface area (Å²) in [5, 5.41) is 19.3. The standard InChI is InChI=1S/C14H14FNO4/c1-2-20-14(19)10-12(18)9-5-3-4-8(6-7-17)11(9)16-13(10)15/h3-5,17H,2,6-7H2,1H3,(H,16,18). The third-order valence-electron chi connectivity index (χ3n) is 2.89. The van der Waals surface area contributed by atoms with Gasteiger partial charge in [-0.3, -0.25) is 0 Å². The number of ether oxygens (including phenoxy) is 1. The first-order valence-corrected chi connectivity index (χ1v) is 6.18. The second-order valence-electron chi connectivity index (χ2n) is 4.13. The summed E-state index contributed by atoms with van der Waals surface area (Å²) in [4.78, 5) is 15.4. The molecule has 0 saturated heterocycles. The summed E-state index contributed by atoms with van der Waals surface area (Å²) >= 11 is 0. The summed E-state index contributed by atoms with van der Waals surface area (Å²) in [7, 11) is 0. The molecule has 1 heterocycles. The molecule has 0 saturated carbocycles. The highest BCUT2D eigenvalue weighted by atomic mass is 19.1. The topological polar surface area (TPSA) is 79.7 Å². The molecular formula is C14H14FNO4. The molecule has 0 atom stereocenters. The van der Waals surface area contributed by atoms with Gasteiger partial charge in [-0.25, -0.2) is 9.78 Å². The average molecular weight is 279 g/mol. The fourth-order valence-corrected chi connectivity index (χ4v) is 2.01. The highest BCUT2D eigenvalue weighted by Crippen LogP contribution is 2.31. The van der Waals surface area contributed by atoms with Gasteiger partial charge in [0.15, 0.2) is 5.56 Å². The summed E-state index contributed by atoms with van der Waals surface area (Å²) in [6.45, 7) is 1.53. The number of hydrogen-bond acceptors (Lipinski definition) is 5. The SMILES string of the molecule is CCOC(=O)c1c(F)nc2c(CCO)cccc2c1O. The number of aliphatic hydroxyl groups is 1. The van der Waals surface area contributed by atoms with Gasteiger partial charge in [-0.15, -0.1) is 0 Å². The van der Waals surface area contributed by atoms with Crippen molar-refractivity contribution in [1.82, 2.24) is 4.98 Å². The van der Waals surface area contributed by atoms with Crippen molar-refractivity contribution in [3.05, 3.63) is 35.3 Å². The smallest absolute Gasteiger partial charge is 0.346 e. The average Bonchev–Trinajstić information content (AvgIpc) is 2.40.